The number of nitrogens with two attached hydrogens (primary N) is 1. The Kier molecular flexibility index (Phi) is 6.20. The zero-order valence-electron chi connectivity index (χ0n) is 19.6. The maximum Gasteiger partial charge on any atom is 0.241 e. The second kappa shape index (κ2) is 9.21. The molecular formula is C23H24F2N6O4S. The Morgan fingerprint density at radius 1 is 1.14 bits per heavy atom. The van der Waals surface area contributed by atoms with E-state index in [4.69, 9.17) is 14.4 Å². The zero-order valence-corrected chi connectivity index (χ0v) is 20.4. The van der Waals surface area contributed by atoms with Crippen LogP contribution in [-0.4, -0.2) is 39.3 Å². The number of aromatic nitrogens is 5. The van der Waals surface area contributed by atoms with Crippen molar-refractivity contribution in [1.82, 2.24) is 24.7 Å². The summed E-state index contributed by atoms with van der Waals surface area (Å²) in [6.07, 6.45) is 5.89. The van der Waals surface area contributed by atoms with Crippen LogP contribution in [0.4, 0.5) is 8.78 Å². The van der Waals surface area contributed by atoms with Crippen molar-refractivity contribution < 1.29 is 26.5 Å². The number of benzene rings is 1. The number of halogens is 2. The molecule has 4 aromatic rings. The van der Waals surface area contributed by atoms with Crippen LogP contribution in [0.5, 0.6) is 5.88 Å². The molecule has 36 heavy (non-hydrogen) atoms. The molecule has 0 unspecified atom stereocenters. The quantitative estimate of drug-likeness (QED) is 0.405. The lowest BCUT2D eigenvalue weighted by Crippen LogP contribution is -2.24. The fourth-order valence-electron chi connectivity index (χ4n) is 4.35. The summed E-state index contributed by atoms with van der Waals surface area (Å²) in [5, 5.41) is 13.3. The molecule has 0 radical (unpaired) electrons. The van der Waals surface area contributed by atoms with Crippen molar-refractivity contribution in [3.05, 3.63) is 53.9 Å². The normalized spacial score (nSPS) is 18.7. The molecule has 5 rings (SSSR count). The Labute approximate surface area is 205 Å². The first-order valence-corrected chi connectivity index (χ1v) is 13.0. The lowest BCUT2D eigenvalue weighted by Gasteiger charge is -2.27. The predicted octanol–water partition coefficient (Wildman–Crippen LogP) is 3.93. The average molecular weight is 519 g/mol. The van der Waals surface area contributed by atoms with Gasteiger partial charge in [0.25, 0.3) is 0 Å². The number of hydrogen-bond donors (Lipinski definition) is 1. The van der Waals surface area contributed by atoms with Gasteiger partial charge < -0.3 is 9.26 Å². The minimum atomic E-state index is -4.42. The molecule has 0 bridgehead atoms. The number of hydrogen-bond acceptors (Lipinski definition) is 8. The molecule has 1 aliphatic rings. The molecule has 0 saturated heterocycles. The molecule has 10 nitrogen and oxygen atoms in total. The van der Waals surface area contributed by atoms with Crippen molar-refractivity contribution in [2.75, 3.05) is 0 Å². The average Bonchev–Trinajstić information content (AvgIpc) is 3.49. The van der Waals surface area contributed by atoms with Gasteiger partial charge in [0.15, 0.2) is 11.5 Å². The summed E-state index contributed by atoms with van der Waals surface area (Å²) in [6, 6.07) is 2.96. The summed E-state index contributed by atoms with van der Waals surface area (Å²) < 4.78 is 65.2. The minimum absolute atomic E-state index is 0.0878. The van der Waals surface area contributed by atoms with Gasteiger partial charge in [-0.25, -0.2) is 27.3 Å². The van der Waals surface area contributed by atoms with Crippen LogP contribution in [0, 0.1) is 11.6 Å². The number of ether oxygens (including phenoxy) is 1. The highest BCUT2D eigenvalue weighted by molar-refractivity contribution is 7.89. The third-order valence-electron chi connectivity index (χ3n) is 6.27. The summed E-state index contributed by atoms with van der Waals surface area (Å²) in [5.74, 6) is -0.00150. The van der Waals surface area contributed by atoms with Crippen molar-refractivity contribution in [3.63, 3.8) is 0 Å². The van der Waals surface area contributed by atoms with Crippen LogP contribution >= 0.6 is 0 Å². The Bertz CT molecular complexity index is 1530. The highest BCUT2D eigenvalue weighted by atomic mass is 32.2. The van der Waals surface area contributed by atoms with E-state index in [1.165, 1.54) is 16.9 Å². The topological polar surface area (TPSA) is 138 Å². The van der Waals surface area contributed by atoms with Gasteiger partial charge in [0.1, 0.15) is 22.6 Å². The molecule has 13 heteroatoms. The molecular weight excluding hydrogens is 494 g/mol. The smallest absolute Gasteiger partial charge is 0.241 e. The second-order valence-corrected chi connectivity index (χ2v) is 10.7. The molecule has 0 atom stereocenters. The van der Waals surface area contributed by atoms with Crippen molar-refractivity contribution in [1.29, 1.82) is 0 Å². The SMILES string of the molecule is CC(C)c1noc(C2CCC(Oc3ccnc4c(-c5cc(F)c(S(N)(=O)=O)cc5F)cnn34)CC2)n1. The number of sulfonamides is 1. The van der Waals surface area contributed by atoms with Crippen LogP contribution in [-0.2, 0) is 10.0 Å². The third-order valence-corrected chi connectivity index (χ3v) is 7.20. The Hall–Kier alpha value is -3.45. The molecule has 0 spiro atoms. The van der Waals surface area contributed by atoms with Gasteiger partial charge in [-0.15, -0.1) is 0 Å². The van der Waals surface area contributed by atoms with Crippen molar-refractivity contribution >= 4 is 15.7 Å². The lowest BCUT2D eigenvalue weighted by atomic mass is 9.87. The van der Waals surface area contributed by atoms with Crippen LogP contribution in [0.15, 0.2) is 40.0 Å². The van der Waals surface area contributed by atoms with E-state index in [1.54, 1.807) is 6.07 Å². The molecule has 2 N–H and O–H groups in total. The van der Waals surface area contributed by atoms with Gasteiger partial charge in [-0.1, -0.05) is 19.0 Å². The molecule has 3 aromatic heterocycles. The van der Waals surface area contributed by atoms with E-state index in [-0.39, 0.29) is 34.7 Å². The molecule has 1 aromatic carbocycles. The maximum absolute atomic E-state index is 14.7. The van der Waals surface area contributed by atoms with E-state index < -0.39 is 26.6 Å². The van der Waals surface area contributed by atoms with Crippen molar-refractivity contribution in [2.45, 2.75) is 62.4 Å². The highest BCUT2D eigenvalue weighted by Crippen LogP contribution is 2.35. The Morgan fingerprint density at radius 3 is 2.56 bits per heavy atom. The van der Waals surface area contributed by atoms with E-state index in [0.717, 1.165) is 31.7 Å². The Morgan fingerprint density at radius 2 is 1.89 bits per heavy atom. The minimum Gasteiger partial charge on any atom is -0.474 e. The molecule has 1 saturated carbocycles. The van der Waals surface area contributed by atoms with Crippen LogP contribution in [0.1, 0.15) is 63.1 Å². The second-order valence-electron chi connectivity index (χ2n) is 9.12. The zero-order chi connectivity index (χ0) is 25.6. The van der Waals surface area contributed by atoms with Gasteiger partial charge in [0.05, 0.1) is 6.20 Å². The summed E-state index contributed by atoms with van der Waals surface area (Å²) in [4.78, 5) is 7.83. The van der Waals surface area contributed by atoms with Crippen LogP contribution in [0.25, 0.3) is 16.8 Å². The van der Waals surface area contributed by atoms with Gasteiger partial charge in [0.2, 0.25) is 21.8 Å². The number of fused-ring (bicyclic) bond motifs is 1. The standard InChI is InChI=1S/C23H24F2N6O4S/c1-12(2)21-29-23(35-30-21)13-3-5-14(6-4-13)34-20-7-8-27-22-16(11-28-31(20)22)15-9-18(25)19(10-17(15)24)36(26,32)33/h7-14H,3-6H2,1-2H3,(H2,26,32,33). The van der Waals surface area contributed by atoms with Crippen molar-refractivity contribution in [2.24, 2.45) is 5.14 Å². The molecule has 0 amide bonds. The van der Waals surface area contributed by atoms with Gasteiger partial charge in [-0.3, -0.25) is 0 Å². The van der Waals surface area contributed by atoms with Gasteiger partial charge in [-0.05, 0) is 37.8 Å². The first-order chi connectivity index (χ1) is 17.1. The van der Waals surface area contributed by atoms with E-state index in [2.05, 4.69) is 20.2 Å². The summed E-state index contributed by atoms with van der Waals surface area (Å²) in [5.41, 5.74) is 0.217. The molecule has 1 aliphatic carbocycles. The predicted molar refractivity (Wildman–Crippen MR) is 124 cm³/mol. The van der Waals surface area contributed by atoms with Crippen LogP contribution < -0.4 is 9.88 Å². The molecule has 0 aliphatic heterocycles. The van der Waals surface area contributed by atoms with Gasteiger partial charge >= 0.3 is 0 Å². The van der Waals surface area contributed by atoms with Crippen LogP contribution in [0.3, 0.4) is 0 Å². The highest BCUT2D eigenvalue weighted by Gasteiger charge is 2.29. The maximum atomic E-state index is 14.7. The van der Waals surface area contributed by atoms with Gasteiger partial charge in [-0.2, -0.15) is 14.6 Å². The molecule has 3 heterocycles. The first-order valence-electron chi connectivity index (χ1n) is 11.5. The Balaban J connectivity index is 1.35. The van der Waals surface area contributed by atoms with Crippen LogP contribution in [0.2, 0.25) is 0 Å². The van der Waals surface area contributed by atoms with Gasteiger partial charge in [0, 0.05) is 35.2 Å². The van der Waals surface area contributed by atoms with E-state index in [1.807, 2.05) is 13.8 Å². The molecule has 1 fully saturated rings. The summed E-state index contributed by atoms with van der Waals surface area (Å²) in [6.45, 7) is 4.03. The van der Waals surface area contributed by atoms with E-state index in [0.29, 0.717) is 23.7 Å². The van der Waals surface area contributed by atoms with Crippen molar-refractivity contribution in [3.8, 4) is 17.0 Å². The largest absolute Gasteiger partial charge is 0.474 e. The van der Waals surface area contributed by atoms with E-state index >= 15 is 0 Å². The molecule has 190 valence electrons. The third kappa shape index (κ3) is 4.55. The first kappa shape index (κ1) is 24.3. The number of primary sulfonamides is 1. The monoisotopic (exact) mass is 518 g/mol. The fourth-order valence-corrected chi connectivity index (χ4v) is 4.95. The summed E-state index contributed by atoms with van der Waals surface area (Å²) in [7, 11) is -4.42. The summed E-state index contributed by atoms with van der Waals surface area (Å²) >= 11 is 0. The fraction of sp³-hybridized carbons (Fsp3) is 0.391. The number of rotatable bonds is 6. The number of nitrogens with zero attached hydrogens (tertiary/aromatic N) is 5. The lowest BCUT2D eigenvalue weighted by molar-refractivity contribution is 0.130. The van der Waals surface area contributed by atoms with E-state index in [9.17, 15) is 17.2 Å².